The Morgan fingerprint density at radius 3 is 2.91 bits per heavy atom. The van der Waals surface area contributed by atoms with Crippen molar-refractivity contribution in [2.45, 2.75) is 17.4 Å². The van der Waals surface area contributed by atoms with Gasteiger partial charge in [-0.3, -0.25) is 0 Å². The molecular weight excluding hydrogens is 358 g/mol. The summed E-state index contributed by atoms with van der Waals surface area (Å²) >= 11 is 7.29. The van der Waals surface area contributed by atoms with Gasteiger partial charge in [0.15, 0.2) is 0 Å². The number of hydrogen-bond donors (Lipinski definition) is 1. The summed E-state index contributed by atoms with van der Waals surface area (Å²) in [5.41, 5.74) is 0.918. The highest BCUT2D eigenvalue weighted by Gasteiger charge is 2.21. The van der Waals surface area contributed by atoms with Gasteiger partial charge in [0.25, 0.3) is 0 Å². The van der Waals surface area contributed by atoms with Crippen molar-refractivity contribution in [3.8, 4) is 5.75 Å². The molecular formula is C15H16ClNO4S2. The molecule has 1 unspecified atom stereocenters. The van der Waals surface area contributed by atoms with E-state index in [9.17, 15) is 8.42 Å². The minimum absolute atomic E-state index is 0.142. The van der Waals surface area contributed by atoms with Crippen molar-refractivity contribution in [1.29, 1.82) is 0 Å². The maximum atomic E-state index is 12.5. The fraction of sp³-hybridized carbons (Fsp3) is 0.333. The van der Waals surface area contributed by atoms with Gasteiger partial charge in [0.05, 0.1) is 15.8 Å². The number of benzene rings is 1. The lowest BCUT2D eigenvalue weighted by Gasteiger charge is -2.15. The van der Waals surface area contributed by atoms with Gasteiger partial charge in [0.1, 0.15) is 11.9 Å². The number of halogens is 1. The molecule has 8 heteroatoms. The molecule has 124 valence electrons. The smallest absolute Gasteiger partial charge is 0.240 e. The molecule has 0 fully saturated rings. The Balaban J connectivity index is 1.73. The van der Waals surface area contributed by atoms with Crippen LogP contribution in [0.3, 0.4) is 0 Å². The molecule has 3 rings (SSSR count). The molecule has 1 atom stereocenters. The number of nitrogens with one attached hydrogen (secondary N) is 1. The molecule has 0 bridgehead atoms. The highest BCUT2D eigenvalue weighted by atomic mass is 35.5. The van der Waals surface area contributed by atoms with Gasteiger partial charge >= 0.3 is 0 Å². The van der Waals surface area contributed by atoms with Gasteiger partial charge in [-0.05, 0) is 35.9 Å². The van der Waals surface area contributed by atoms with Crippen LogP contribution in [0, 0.1) is 0 Å². The Kier molecular flexibility index (Phi) is 4.93. The average molecular weight is 374 g/mol. The van der Waals surface area contributed by atoms with Crippen molar-refractivity contribution < 1.29 is 17.9 Å². The molecule has 1 aromatic heterocycles. The summed E-state index contributed by atoms with van der Waals surface area (Å²) < 4.78 is 38.9. The summed E-state index contributed by atoms with van der Waals surface area (Å²) in [7, 11) is -2.06. The topological polar surface area (TPSA) is 64.6 Å². The fourth-order valence-corrected chi connectivity index (χ4v) is 4.62. The van der Waals surface area contributed by atoms with Gasteiger partial charge in [-0.2, -0.15) is 0 Å². The number of thiophene rings is 1. The average Bonchev–Trinajstić information content (AvgIpc) is 3.16. The van der Waals surface area contributed by atoms with E-state index in [2.05, 4.69) is 4.72 Å². The highest BCUT2D eigenvalue weighted by molar-refractivity contribution is 7.89. The summed E-state index contributed by atoms with van der Waals surface area (Å²) in [5.74, 6) is 0.756. The van der Waals surface area contributed by atoms with Crippen molar-refractivity contribution in [2.75, 3.05) is 20.3 Å². The standard InChI is InChI=1S/C15H16ClNO4S2/c1-20-13(14-4-5-15(16)22-14)9-17-23(18,19)11-2-3-12-10(8-11)6-7-21-12/h2-5,8,13,17H,6-7,9H2,1H3. The van der Waals surface area contributed by atoms with Crippen molar-refractivity contribution in [2.24, 2.45) is 0 Å². The number of sulfonamides is 1. The summed E-state index contributed by atoms with van der Waals surface area (Å²) in [6.07, 6.45) is 0.354. The number of rotatable bonds is 6. The van der Waals surface area contributed by atoms with Crippen molar-refractivity contribution >= 4 is 33.0 Å². The molecule has 0 radical (unpaired) electrons. The summed E-state index contributed by atoms with van der Waals surface area (Å²) in [6, 6.07) is 8.51. The number of fused-ring (bicyclic) bond motifs is 1. The molecule has 1 aliphatic heterocycles. The number of ether oxygens (including phenoxy) is 2. The van der Waals surface area contributed by atoms with Crippen LogP contribution < -0.4 is 9.46 Å². The Labute approximate surface area is 144 Å². The van der Waals surface area contributed by atoms with E-state index < -0.39 is 10.0 Å². The second-order valence-electron chi connectivity index (χ2n) is 5.09. The predicted octanol–water partition coefficient (Wildman–Crippen LogP) is 3.00. The molecule has 0 aliphatic carbocycles. The summed E-state index contributed by atoms with van der Waals surface area (Å²) in [6.45, 7) is 0.737. The maximum Gasteiger partial charge on any atom is 0.240 e. The third-order valence-corrected chi connectivity index (χ3v) is 6.37. The Bertz CT molecular complexity index is 804. The zero-order valence-corrected chi connectivity index (χ0v) is 14.8. The summed E-state index contributed by atoms with van der Waals surface area (Å²) in [5, 5.41) is 0. The molecule has 1 N–H and O–H groups in total. The van der Waals surface area contributed by atoms with E-state index >= 15 is 0 Å². The molecule has 2 aromatic rings. The Morgan fingerprint density at radius 1 is 1.39 bits per heavy atom. The monoisotopic (exact) mass is 373 g/mol. The zero-order valence-electron chi connectivity index (χ0n) is 12.4. The number of hydrogen-bond acceptors (Lipinski definition) is 5. The SMILES string of the molecule is COC(CNS(=O)(=O)c1ccc2c(c1)CCO2)c1ccc(Cl)s1. The van der Waals surface area contributed by atoms with Crippen LogP contribution in [0.15, 0.2) is 35.2 Å². The van der Waals surface area contributed by atoms with Crippen LogP contribution in [-0.4, -0.2) is 28.7 Å². The van der Waals surface area contributed by atoms with E-state index in [1.165, 1.54) is 11.3 Å². The fourth-order valence-electron chi connectivity index (χ4n) is 2.40. The third-order valence-electron chi connectivity index (χ3n) is 3.63. The molecule has 5 nitrogen and oxygen atoms in total. The van der Waals surface area contributed by atoms with Gasteiger partial charge in [0, 0.05) is 25.0 Å². The van der Waals surface area contributed by atoms with Gasteiger partial charge in [-0.15, -0.1) is 11.3 Å². The van der Waals surface area contributed by atoms with Gasteiger partial charge in [-0.25, -0.2) is 13.1 Å². The molecule has 1 aliphatic rings. The molecule has 0 spiro atoms. The zero-order chi connectivity index (χ0) is 16.4. The largest absolute Gasteiger partial charge is 0.493 e. The van der Waals surface area contributed by atoms with Gasteiger partial charge in [0.2, 0.25) is 10.0 Å². The van der Waals surface area contributed by atoms with Crippen LogP contribution in [0.1, 0.15) is 16.5 Å². The number of methoxy groups -OCH3 is 1. The van der Waals surface area contributed by atoms with Gasteiger partial charge in [-0.1, -0.05) is 11.6 Å². The van der Waals surface area contributed by atoms with Crippen LogP contribution >= 0.6 is 22.9 Å². The lowest BCUT2D eigenvalue weighted by Crippen LogP contribution is -2.29. The second kappa shape index (κ2) is 6.78. The third kappa shape index (κ3) is 3.70. The highest BCUT2D eigenvalue weighted by Crippen LogP contribution is 2.30. The van der Waals surface area contributed by atoms with E-state index in [0.29, 0.717) is 10.9 Å². The molecule has 0 saturated carbocycles. The van der Waals surface area contributed by atoms with E-state index in [1.54, 1.807) is 31.4 Å². The second-order valence-corrected chi connectivity index (χ2v) is 8.60. The van der Waals surface area contributed by atoms with Crippen LogP contribution in [0.2, 0.25) is 4.34 Å². The first-order valence-corrected chi connectivity index (χ1v) is 9.71. The van der Waals surface area contributed by atoms with Crippen molar-refractivity contribution in [3.05, 3.63) is 45.1 Å². The maximum absolute atomic E-state index is 12.5. The van der Waals surface area contributed by atoms with E-state index in [4.69, 9.17) is 21.1 Å². The van der Waals surface area contributed by atoms with Crippen LogP contribution in [0.4, 0.5) is 0 Å². The lowest BCUT2D eigenvalue weighted by molar-refractivity contribution is 0.110. The first kappa shape index (κ1) is 16.7. The summed E-state index contributed by atoms with van der Waals surface area (Å²) in [4.78, 5) is 1.11. The van der Waals surface area contributed by atoms with E-state index in [1.807, 2.05) is 6.07 Å². The quantitative estimate of drug-likeness (QED) is 0.845. The first-order chi connectivity index (χ1) is 11.0. The van der Waals surface area contributed by atoms with Crippen LogP contribution in [-0.2, 0) is 21.2 Å². The van der Waals surface area contributed by atoms with Crippen LogP contribution in [0.5, 0.6) is 5.75 Å². The van der Waals surface area contributed by atoms with Gasteiger partial charge < -0.3 is 9.47 Å². The molecule has 2 heterocycles. The molecule has 1 aromatic carbocycles. The van der Waals surface area contributed by atoms with E-state index in [-0.39, 0.29) is 17.5 Å². The molecule has 0 amide bonds. The Hall–Kier alpha value is -1.12. The minimum atomic E-state index is -3.60. The first-order valence-electron chi connectivity index (χ1n) is 7.03. The lowest BCUT2D eigenvalue weighted by atomic mass is 10.2. The molecule has 23 heavy (non-hydrogen) atoms. The van der Waals surface area contributed by atoms with Crippen molar-refractivity contribution in [3.63, 3.8) is 0 Å². The van der Waals surface area contributed by atoms with Crippen LogP contribution in [0.25, 0.3) is 0 Å². The minimum Gasteiger partial charge on any atom is -0.493 e. The molecule has 0 saturated heterocycles. The predicted molar refractivity (Wildman–Crippen MR) is 89.9 cm³/mol. The van der Waals surface area contributed by atoms with Crippen molar-refractivity contribution in [1.82, 2.24) is 4.72 Å². The normalized spacial score (nSPS) is 15.2. The van der Waals surface area contributed by atoms with E-state index in [0.717, 1.165) is 22.6 Å². The Morgan fingerprint density at radius 2 is 2.22 bits per heavy atom.